The summed E-state index contributed by atoms with van der Waals surface area (Å²) in [6, 6.07) is 1.02. The van der Waals surface area contributed by atoms with Crippen molar-refractivity contribution in [3.63, 3.8) is 0 Å². The van der Waals surface area contributed by atoms with E-state index in [1.807, 2.05) is 5.51 Å². The first-order chi connectivity index (χ1) is 7.65. The van der Waals surface area contributed by atoms with Gasteiger partial charge in [-0.05, 0) is 27.3 Å². The molecule has 3 nitrogen and oxygen atoms in total. The molecule has 16 heavy (non-hydrogen) atoms. The molecular formula is C12H23N3S. The van der Waals surface area contributed by atoms with Crippen molar-refractivity contribution >= 4 is 11.3 Å². The highest BCUT2D eigenvalue weighted by Crippen LogP contribution is 2.11. The van der Waals surface area contributed by atoms with E-state index in [0.717, 1.165) is 18.8 Å². The zero-order valence-electron chi connectivity index (χ0n) is 10.7. The summed E-state index contributed by atoms with van der Waals surface area (Å²) in [5, 5.41) is 5.60. The Bertz CT molecular complexity index is 274. The van der Waals surface area contributed by atoms with Crippen molar-refractivity contribution in [3.05, 3.63) is 16.6 Å². The van der Waals surface area contributed by atoms with E-state index in [2.05, 4.69) is 48.4 Å². The molecule has 1 rings (SSSR count). The van der Waals surface area contributed by atoms with E-state index in [9.17, 15) is 0 Å². The van der Waals surface area contributed by atoms with Gasteiger partial charge in [-0.3, -0.25) is 0 Å². The second-order valence-corrected chi connectivity index (χ2v) is 5.05. The zero-order valence-corrected chi connectivity index (χ0v) is 11.5. The monoisotopic (exact) mass is 241 g/mol. The third-order valence-corrected chi connectivity index (χ3v) is 3.76. The van der Waals surface area contributed by atoms with Crippen molar-refractivity contribution in [1.82, 2.24) is 15.2 Å². The topological polar surface area (TPSA) is 28.2 Å². The molecule has 1 N–H and O–H groups in total. The molecule has 0 bridgehead atoms. The summed E-state index contributed by atoms with van der Waals surface area (Å²) in [5.41, 5.74) is 3.04. The fraction of sp³-hybridized carbons (Fsp3) is 0.750. The van der Waals surface area contributed by atoms with Gasteiger partial charge in [0.05, 0.1) is 11.2 Å². The molecule has 4 heteroatoms. The van der Waals surface area contributed by atoms with Crippen molar-refractivity contribution in [2.24, 2.45) is 0 Å². The Morgan fingerprint density at radius 3 is 2.81 bits per heavy atom. The molecule has 0 aliphatic carbocycles. The van der Waals surface area contributed by atoms with Crippen LogP contribution in [0.4, 0.5) is 0 Å². The Kier molecular flexibility index (Phi) is 5.95. The van der Waals surface area contributed by atoms with E-state index in [1.54, 1.807) is 11.3 Å². The number of likely N-dealkylation sites (N-methyl/N-ethyl adjacent to an activating group) is 1. The Morgan fingerprint density at radius 2 is 2.25 bits per heavy atom. The van der Waals surface area contributed by atoms with Crippen LogP contribution in [0.25, 0.3) is 0 Å². The van der Waals surface area contributed by atoms with Crippen molar-refractivity contribution in [2.75, 3.05) is 20.1 Å². The maximum atomic E-state index is 4.31. The van der Waals surface area contributed by atoms with Crippen molar-refractivity contribution in [1.29, 1.82) is 0 Å². The molecule has 0 aliphatic rings. The SMILES string of the molecule is CCC(C)N(C)CCNC(C)c1cscn1. The molecule has 0 spiro atoms. The summed E-state index contributed by atoms with van der Waals surface area (Å²) >= 11 is 1.65. The quantitative estimate of drug-likeness (QED) is 0.795. The smallest absolute Gasteiger partial charge is 0.0795 e. The van der Waals surface area contributed by atoms with Gasteiger partial charge in [-0.2, -0.15) is 0 Å². The van der Waals surface area contributed by atoms with Gasteiger partial charge in [0.2, 0.25) is 0 Å². The van der Waals surface area contributed by atoms with Crippen LogP contribution in [-0.4, -0.2) is 36.1 Å². The van der Waals surface area contributed by atoms with Crippen LogP contribution in [0, 0.1) is 0 Å². The van der Waals surface area contributed by atoms with E-state index < -0.39 is 0 Å². The van der Waals surface area contributed by atoms with Gasteiger partial charge in [-0.1, -0.05) is 6.92 Å². The number of nitrogens with zero attached hydrogens (tertiary/aromatic N) is 2. The molecular weight excluding hydrogens is 218 g/mol. The molecule has 0 radical (unpaired) electrons. The summed E-state index contributed by atoms with van der Waals surface area (Å²) in [6.07, 6.45) is 1.21. The molecule has 1 aromatic heterocycles. The highest BCUT2D eigenvalue weighted by Gasteiger charge is 2.08. The molecule has 0 fully saturated rings. The maximum Gasteiger partial charge on any atom is 0.0795 e. The third-order valence-electron chi connectivity index (χ3n) is 3.15. The molecule has 2 unspecified atom stereocenters. The van der Waals surface area contributed by atoms with Crippen LogP contribution in [0.15, 0.2) is 10.9 Å². The van der Waals surface area contributed by atoms with E-state index in [-0.39, 0.29) is 0 Å². The Balaban J connectivity index is 2.20. The number of hydrogen-bond acceptors (Lipinski definition) is 4. The minimum Gasteiger partial charge on any atom is -0.308 e. The molecule has 0 amide bonds. The summed E-state index contributed by atoms with van der Waals surface area (Å²) in [7, 11) is 2.18. The molecule has 92 valence electrons. The predicted octanol–water partition coefficient (Wildman–Crippen LogP) is 2.52. The maximum absolute atomic E-state index is 4.31. The number of rotatable bonds is 7. The van der Waals surface area contributed by atoms with E-state index >= 15 is 0 Å². The second-order valence-electron chi connectivity index (χ2n) is 4.33. The minimum absolute atomic E-state index is 0.358. The van der Waals surface area contributed by atoms with Gasteiger partial charge in [0.15, 0.2) is 0 Å². The van der Waals surface area contributed by atoms with Gasteiger partial charge in [0, 0.05) is 30.6 Å². The predicted molar refractivity (Wildman–Crippen MR) is 70.9 cm³/mol. The van der Waals surface area contributed by atoms with Crippen LogP contribution < -0.4 is 5.32 Å². The van der Waals surface area contributed by atoms with Crippen LogP contribution in [0.5, 0.6) is 0 Å². The van der Waals surface area contributed by atoms with E-state index in [1.165, 1.54) is 6.42 Å². The average molecular weight is 241 g/mol. The summed E-state index contributed by atoms with van der Waals surface area (Å²) < 4.78 is 0. The van der Waals surface area contributed by atoms with E-state index in [4.69, 9.17) is 0 Å². The highest BCUT2D eigenvalue weighted by atomic mass is 32.1. The fourth-order valence-corrected chi connectivity index (χ4v) is 2.18. The first-order valence-electron chi connectivity index (χ1n) is 5.96. The number of nitrogens with one attached hydrogen (secondary N) is 1. The van der Waals surface area contributed by atoms with Gasteiger partial charge in [0.1, 0.15) is 0 Å². The molecule has 0 aliphatic heterocycles. The van der Waals surface area contributed by atoms with Crippen molar-refractivity contribution in [2.45, 2.75) is 39.3 Å². The Hall–Kier alpha value is -0.450. The Labute approximate surface area is 103 Å². The van der Waals surface area contributed by atoms with Gasteiger partial charge in [-0.15, -0.1) is 11.3 Å². The lowest BCUT2D eigenvalue weighted by Crippen LogP contribution is -2.35. The second kappa shape index (κ2) is 6.99. The highest BCUT2D eigenvalue weighted by molar-refractivity contribution is 7.07. The Morgan fingerprint density at radius 1 is 1.50 bits per heavy atom. The lowest BCUT2D eigenvalue weighted by molar-refractivity contribution is 0.249. The summed E-state index contributed by atoms with van der Waals surface area (Å²) in [4.78, 5) is 6.70. The molecule has 0 saturated carbocycles. The minimum atomic E-state index is 0.358. The van der Waals surface area contributed by atoms with Crippen molar-refractivity contribution < 1.29 is 0 Å². The van der Waals surface area contributed by atoms with Crippen molar-refractivity contribution in [3.8, 4) is 0 Å². The van der Waals surface area contributed by atoms with Crippen LogP contribution in [0.2, 0.25) is 0 Å². The lowest BCUT2D eigenvalue weighted by Gasteiger charge is -2.24. The standard InChI is InChI=1S/C12H23N3S/c1-5-10(2)15(4)7-6-13-11(3)12-8-16-9-14-12/h8-11,13H,5-7H2,1-4H3. The van der Waals surface area contributed by atoms with Crippen LogP contribution in [0.1, 0.15) is 38.9 Å². The number of thiazole rings is 1. The molecule has 1 heterocycles. The molecule has 1 aromatic rings. The zero-order chi connectivity index (χ0) is 12.0. The molecule has 0 aromatic carbocycles. The summed E-state index contributed by atoms with van der Waals surface area (Å²) in [5.74, 6) is 0. The van der Waals surface area contributed by atoms with Crippen LogP contribution in [-0.2, 0) is 0 Å². The third kappa shape index (κ3) is 4.20. The van der Waals surface area contributed by atoms with E-state index in [0.29, 0.717) is 12.1 Å². The van der Waals surface area contributed by atoms with Gasteiger partial charge < -0.3 is 10.2 Å². The van der Waals surface area contributed by atoms with Gasteiger partial charge >= 0.3 is 0 Å². The molecule has 2 atom stereocenters. The summed E-state index contributed by atoms with van der Waals surface area (Å²) in [6.45, 7) is 8.76. The van der Waals surface area contributed by atoms with Crippen LogP contribution >= 0.6 is 11.3 Å². The largest absolute Gasteiger partial charge is 0.308 e. The first-order valence-corrected chi connectivity index (χ1v) is 6.91. The number of aromatic nitrogens is 1. The van der Waals surface area contributed by atoms with Gasteiger partial charge in [0.25, 0.3) is 0 Å². The average Bonchev–Trinajstić information content (AvgIpc) is 2.81. The number of hydrogen-bond donors (Lipinski definition) is 1. The van der Waals surface area contributed by atoms with Gasteiger partial charge in [-0.25, -0.2) is 4.98 Å². The molecule has 0 saturated heterocycles. The fourth-order valence-electron chi connectivity index (χ4n) is 1.53. The first kappa shape index (κ1) is 13.6. The lowest BCUT2D eigenvalue weighted by atomic mass is 10.2. The van der Waals surface area contributed by atoms with Crippen LogP contribution in [0.3, 0.4) is 0 Å². The normalized spacial score (nSPS) is 15.3.